The van der Waals surface area contributed by atoms with Gasteiger partial charge in [-0.05, 0) is 39.0 Å². The van der Waals surface area contributed by atoms with Crippen molar-refractivity contribution in [3.05, 3.63) is 29.3 Å². The van der Waals surface area contributed by atoms with Crippen LogP contribution in [-0.2, 0) is 4.74 Å². The van der Waals surface area contributed by atoms with Gasteiger partial charge in [0.15, 0.2) is 0 Å². The Labute approximate surface area is 105 Å². The number of rotatable bonds is 5. The summed E-state index contributed by atoms with van der Waals surface area (Å²) >= 11 is 0. The molecule has 0 aliphatic rings. The van der Waals surface area contributed by atoms with E-state index in [1.165, 1.54) is 18.2 Å². The number of esters is 1. The van der Waals surface area contributed by atoms with Crippen LogP contribution in [0.2, 0.25) is 0 Å². The van der Waals surface area contributed by atoms with E-state index < -0.39 is 11.9 Å². The van der Waals surface area contributed by atoms with Crippen LogP contribution < -0.4 is 4.74 Å². The van der Waals surface area contributed by atoms with E-state index in [9.17, 15) is 9.59 Å². The Morgan fingerprint density at radius 3 is 2.33 bits per heavy atom. The van der Waals surface area contributed by atoms with Gasteiger partial charge in [0.25, 0.3) is 0 Å². The summed E-state index contributed by atoms with van der Waals surface area (Å²) in [5, 5.41) is 8.97. The first kappa shape index (κ1) is 14.0. The summed E-state index contributed by atoms with van der Waals surface area (Å²) in [4.78, 5) is 22.6. The summed E-state index contributed by atoms with van der Waals surface area (Å²) in [5.41, 5.74) is 0.170. The molecule has 1 rings (SSSR count). The maximum Gasteiger partial charge on any atom is 0.338 e. The summed E-state index contributed by atoms with van der Waals surface area (Å²) in [5.74, 6) is -1.34. The van der Waals surface area contributed by atoms with Crippen LogP contribution in [-0.4, -0.2) is 29.8 Å². The summed E-state index contributed by atoms with van der Waals surface area (Å²) < 4.78 is 10.2. The molecule has 0 bridgehead atoms. The van der Waals surface area contributed by atoms with Gasteiger partial charge in [0.05, 0.1) is 23.8 Å². The molecule has 0 radical (unpaired) electrons. The predicted molar refractivity (Wildman–Crippen MR) is 65.1 cm³/mol. The number of ether oxygens (including phenoxy) is 2. The van der Waals surface area contributed by atoms with Crippen molar-refractivity contribution in [3.8, 4) is 5.75 Å². The number of hydrogen-bond acceptors (Lipinski definition) is 4. The van der Waals surface area contributed by atoms with Crippen LogP contribution in [0.1, 0.15) is 41.5 Å². The summed E-state index contributed by atoms with van der Waals surface area (Å²) in [6.07, 6.45) is -0.107. The smallest absolute Gasteiger partial charge is 0.338 e. The Kier molecular flexibility index (Phi) is 4.71. The minimum absolute atomic E-state index is 0.00352. The largest absolute Gasteiger partial charge is 0.491 e. The van der Waals surface area contributed by atoms with Gasteiger partial charge >= 0.3 is 11.9 Å². The zero-order valence-corrected chi connectivity index (χ0v) is 10.6. The van der Waals surface area contributed by atoms with E-state index in [-0.39, 0.29) is 23.8 Å². The fraction of sp³-hybridized carbons (Fsp3) is 0.385. The van der Waals surface area contributed by atoms with Crippen molar-refractivity contribution in [2.24, 2.45) is 0 Å². The van der Waals surface area contributed by atoms with Crippen molar-refractivity contribution >= 4 is 11.9 Å². The van der Waals surface area contributed by atoms with E-state index in [0.717, 1.165) is 0 Å². The molecule has 0 saturated carbocycles. The van der Waals surface area contributed by atoms with E-state index in [0.29, 0.717) is 5.75 Å². The van der Waals surface area contributed by atoms with Crippen LogP contribution in [0.4, 0.5) is 0 Å². The molecule has 5 nitrogen and oxygen atoms in total. The van der Waals surface area contributed by atoms with E-state index in [1.54, 1.807) is 6.92 Å². The number of carboxylic acids is 1. The van der Waals surface area contributed by atoms with E-state index in [4.69, 9.17) is 14.6 Å². The average molecular weight is 252 g/mol. The Hall–Kier alpha value is -2.04. The van der Waals surface area contributed by atoms with Gasteiger partial charge in [0.2, 0.25) is 0 Å². The topological polar surface area (TPSA) is 72.8 Å². The zero-order chi connectivity index (χ0) is 13.7. The lowest BCUT2D eigenvalue weighted by Crippen LogP contribution is -2.10. The summed E-state index contributed by atoms with van der Waals surface area (Å²) in [6, 6.07) is 4.13. The molecule has 0 amide bonds. The molecule has 5 heteroatoms. The van der Waals surface area contributed by atoms with Crippen molar-refractivity contribution in [3.63, 3.8) is 0 Å². The molecule has 0 aromatic heterocycles. The Morgan fingerprint density at radius 2 is 1.83 bits per heavy atom. The van der Waals surface area contributed by atoms with Crippen molar-refractivity contribution < 1.29 is 24.2 Å². The van der Waals surface area contributed by atoms with Crippen LogP contribution in [0.25, 0.3) is 0 Å². The van der Waals surface area contributed by atoms with Crippen LogP contribution >= 0.6 is 0 Å². The third-order valence-corrected chi connectivity index (χ3v) is 2.04. The second kappa shape index (κ2) is 6.05. The highest BCUT2D eigenvalue weighted by atomic mass is 16.5. The number of hydrogen-bond donors (Lipinski definition) is 1. The van der Waals surface area contributed by atoms with Gasteiger partial charge in [-0.3, -0.25) is 0 Å². The SMILES string of the molecule is CCOC(=O)c1cc(OC(C)C)cc(C(=O)O)c1. The summed E-state index contributed by atoms with van der Waals surface area (Å²) in [7, 11) is 0. The van der Waals surface area contributed by atoms with Crippen molar-refractivity contribution in [1.29, 1.82) is 0 Å². The molecule has 1 aromatic carbocycles. The van der Waals surface area contributed by atoms with Gasteiger partial charge in [-0.15, -0.1) is 0 Å². The maximum atomic E-state index is 11.6. The third-order valence-electron chi connectivity index (χ3n) is 2.04. The lowest BCUT2D eigenvalue weighted by molar-refractivity contribution is 0.0525. The minimum atomic E-state index is -1.12. The highest BCUT2D eigenvalue weighted by Crippen LogP contribution is 2.19. The normalized spacial score (nSPS) is 10.2. The van der Waals surface area contributed by atoms with Crippen LogP contribution in [0, 0.1) is 0 Å². The van der Waals surface area contributed by atoms with Crippen molar-refractivity contribution in [2.45, 2.75) is 26.9 Å². The molecular formula is C13H16O5. The standard InChI is InChI=1S/C13H16O5/c1-4-17-13(16)10-5-9(12(14)15)6-11(7-10)18-8(2)3/h5-8H,4H2,1-3H3,(H,14,15). The van der Waals surface area contributed by atoms with Gasteiger partial charge < -0.3 is 14.6 Å². The monoisotopic (exact) mass is 252 g/mol. The first-order chi connectivity index (χ1) is 8.43. The molecule has 0 atom stereocenters. The van der Waals surface area contributed by atoms with Gasteiger partial charge in [-0.25, -0.2) is 9.59 Å². The van der Waals surface area contributed by atoms with Crippen LogP contribution in [0.15, 0.2) is 18.2 Å². The number of carboxylic acid groups (broad SMARTS) is 1. The van der Waals surface area contributed by atoms with E-state index in [1.807, 2.05) is 13.8 Å². The summed E-state index contributed by atoms with van der Waals surface area (Å²) in [6.45, 7) is 5.55. The van der Waals surface area contributed by atoms with Crippen LogP contribution in [0.5, 0.6) is 5.75 Å². The fourth-order valence-electron chi connectivity index (χ4n) is 1.40. The Bertz CT molecular complexity index is 451. The molecule has 0 unspecified atom stereocenters. The number of carbonyl (C=O) groups excluding carboxylic acids is 1. The fourth-order valence-corrected chi connectivity index (χ4v) is 1.40. The Morgan fingerprint density at radius 1 is 1.22 bits per heavy atom. The van der Waals surface area contributed by atoms with Gasteiger partial charge in [-0.1, -0.05) is 0 Å². The minimum Gasteiger partial charge on any atom is -0.491 e. The zero-order valence-electron chi connectivity index (χ0n) is 10.6. The van der Waals surface area contributed by atoms with Crippen molar-refractivity contribution in [2.75, 3.05) is 6.61 Å². The average Bonchev–Trinajstić information content (AvgIpc) is 2.27. The maximum absolute atomic E-state index is 11.6. The molecule has 0 aliphatic heterocycles. The Balaban J connectivity index is 3.13. The predicted octanol–water partition coefficient (Wildman–Crippen LogP) is 2.35. The van der Waals surface area contributed by atoms with Crippen molar-refractivity contribution in [1.82, 2.24) is 0 Å². The number of benzene rings is 1. The molecule has 18 heavy (non-hydrogen) atoms. The van der Waals surface area contributed by atoms with Gasteiger partial charge in [-0.2, -0.15) is 0 Å². The first-order valence-electron chi connectivity index (χ1n) is 5.66. The van der Waals surface area contributed by atoms with Gasteiger partial charge in [0, 0.05) is 0 Å². The quantitative estimate of drug-likeness (QED) is 0.814. The molecular weight excluding hydrogens is 236 g/mol. The highest BCUT2D eigenvalue weighted by Gasteiger charge is 2.14. The molecule has 1 aromatic rings. The van der Waals surface area contributed by atoms with E-state index >= 15 is 0 Å². The molecule has 0 fully saturated rings. The molecule has 0 heterocycles. The number of aromatic carboxylic acids is 1. The number of carbonyl (C=O) groups is 2. The first-order valence-corrected chi connectivity index (χ1v) is 5.66. The molecule has 98 valence electrons. The van der Waals surface area contributed by atoms with E-state index in [2.05, 4.69) is 0 Å². The van der Waals surface area contributed by atoms with Gasteiger partial charge in [0.1, 0.15) is 5.75 Å². The molecule has 1 N–H and O–H groups in total. The molecule has 0 saturated heterocycles. The lowest BCUT2D eigenvalue weighted by atomic mass is 10.1. The lowest BCUT2D eigenvalue weighted by Gasteiger charge is -2.12. The van der Waals surface area contributed by atoms with Crippen LogP contribution in [0.3, 0.4) is 0 Å². The second-order valence-corrected chi connectivity index (χ2v) is 3.94. The highest BCUT2D eigenvalue weighted by molar-refractivity contribution is 5.95. The molecule has 0 aliphatic carbocycles. The third kappa shape index (κ3) is 3.76. The second-order valence-electron chi connectivity index (χ2n) is 3.94. The molecule has 0 spiro atoms.